The second kappa shape index (κ2) is 7.85. The highest BCUT2D eigenvalue weighted by atomic mass is 16.2. The van der Waals surface area contributed by atoms with E-state index in [9.17, 15) is 9.59 Å². The molecule has 9 heteroatoms. The quantitative estimate of drug-likeness (QED) is 0.871. The fourth-order valence-electron chi connectivity index (χ4n) is 2.73. The van der Waals surface area contributed by atoms with Gasteiger partial charge in [0, 0.05) is 46.0 Å². The van der Waals surface area contributed by atoms with Crippen LogP contribution in [0.3, 0.4) is 0 Å². The number of benzene rings is 1. The van der Waals surface area contributed by atoms with Crippen molar-refractivity contribution in [2.45, 2.75) is 6.54 Å². The smallest absolute Gasteiger partial charge is 0.322 e. The van der Waals surface area contributed by atoms with Crippen LogP contribution in [0, 0.1) is 0 Å². The highest BCUT2D eigenvalue weighted by Crippen LogP contribution is 2.15. The molecule has 1 aromatic carbocycles. The highest BCUT2D eigenvalue weighted by molar-refractivity contribution is 5.87. The van der Waals surface area contributed by atoms with E-state index in [2.05, 4.69) is 32.5 Å². The van der Waals surface area contributed by atoms with Crippen molar-refractivity contribution in [1.82, 2.24) is 24.8 Å². The summed E-state index contributed by atoms with van der Waals surface area (Å²) in [5.41, 5.74) is 1.18. The Morgan fingerprint density at radius 1 is 1.12 bits per heavy atom. The SMILES string of the molecule is CN(C)C(=O)Nc1cnn(CC(=O)N2CCN(c3ccccc3)CC2)n1. The van der Waals surface area contributed by atoms with Crippen molar-refractivity contribution in [3.8, 4) is 0 Å². The molecule has 0 saturated carbocycles. The maximum atomic E-state index is 12.5. The van der Waals surface area contributed by atoms with Crippen LogP contribution in [-0.4, -0.2) is 77.0 Å². The Bertz CT molecular complexity index is 751. The van der Waals surface area contributed by atoms with E-state index in [0.717, 1.165) is 13.1 Å². The lowest BCUT2D eigenvalue weighted by Gasteiger charge is -2.36. The molecule has 1 fully saturated rings. The fourth-order valence-corrected chi connectivity index (χ4v) is 2.73. The van der Waals surface area contributed by atoms with Gasteiger partial charge in [0.15, 0.2) is 5.82 Å². The minimum Gasteiger partial charge on any atom is -0.368 e. The third kappa shape index (κ3) is 4.29. The lowest BCUT2D eigenvalue weighted by atomic mass is 10.2. The van der Waals surface area contributed by atoms with Gasteiger partial charge in [0.05, 0.1) is 6.20 Å². The Kier molecular flexibility index (Phi) is 5.35. The Labute approximate surface area is 152 Å². The average molecular weight is 357 g/mol. The maximum Gasteiger partial charge on any atom is 0.322 e. The second-order valence-electron chi connectivity index (χ2n) is 6.29. The largest absolute Gasteiger partial charge is 0.368 e. The van der Waals surface area contributed by atoms with Gasteiger partial charge in [0.1, 0.15) is 6.54 Å². The standard InChI is InChI=1S/C17H23N7O2/c1-21(2)17(26)19-15-12-18-24(20-15)13-16(25)23-10-8-22(9-11-23)14-6-4-3-5-7-14/h3-7,12H,8-11,13H2,1-2H3,(H,19,20,26). The monoisotopic (exact) mass is 357 g/mol. The molecule has 0 bridgehead atoms. The Morgan fingerprint density at radius 3 is 2.46 bits per heavy atom. The first kappa shape index (κ1) is 17.7. The summed E-state index contributed by atoms with van der Waals surface area (Å²) in [6, 6.07) is 9.89. The van der Waals surface area contributed by atoms with E-state index in [1.807, 2.05) is 23.1 Å². The zero-order valence-electron chi connectivity index (χ0n) is 15.0. The van der Waals surface area contributed by atoms with Gasteiger partial charge in [-0.15, -0.1) is 5.10 Å². The van der Waals surface area contributed by atoms with Crippen LogP contribution in [0.25, 0.3) is 0 Å². The topological polar surface area (TPSA) is 86.6 Å². The predicted molar refractivity (Wildman–Crippen MR) is 98.0 cm³/mol. The van der Waals surface area contributed by atoms with E-state index >= 15 is 0 Å². The van der Waals surface area contributed by atoms with Crippen LogP contribution in [0.4, 0.5) is 16.3 Å². The van der Waals surface area contributed by atoms with Crippen molar-refractivity contribution in [1.29, 1.82) is 0 Å². The van der Waals surface area contributed by atoms with Gasteiger partial charge in [-0.05, 0) is 12.1 Å². The zero-order valence-corrected chi connectivity index (χ0v) is 15.0. The number of nitrogens with zero attached hydrogens (tertiary/aromatic N) is 6. The van der Waals surface area contributed by atoms with Crippen LogP contribution in [0.5, 0.6) is 0 Å². The molecule has 1 N–H and O–H groups in total. The van der Waals surface area contributed by atoms with Crippen molar-refractivity contribution < 1.29 is 9.59 Å². The number of amides is 3. The molecular formula is C17H23N7O2. The van der Waals surface area contributed by atoms with E-state index in [1.165, 1.54) is 21.6 Å². The lowest BCUT2D eigenvalue weighted by molar-refractivity contribution is -0.132. The molecule has 1 aliphatic heterocycles. The number of rotatable bonds is 4. The molecule has 2 heterocycles. The van der Waals surface area contributed by atoms with Crippen LogP contribution in [0.2, 0.25) is 0 Å². The van der Waals surface area contributed by atoms with Gasteiger partial charge >= 0.3 is 6.03 Å². The minimum atomic E-state index is -0.291. The number of urea groups is 1. The number of carbonyl (C=O) groups excluding carboxylic acids is 2. The number of carbonyl (C=O) groups is 2. The third-order valence-corrected chi connectivity index (χ3v) is 4.21. The molecule has 3 amide bonds. The van der Waals surface area contributed by atoms with Gasteiger partial charge in [0.25, 0.3) is 0 Å². The Hall–Kier alpha value is -3.10. The van der Waals surface area contributed by atoms with Crippen LogP contribution < -0.4 is 10.2 Å². The van der Waals surface area contributed by atoms with E-state index < -0.39 is 0 Å². The number of hydrogen-bond donors (Lipinski definition) is 1. The van der Waals surface area contributed by atoms with E-state index in [-0.39, 0.29) is 18.5 Å². The average Bonchev–Trinajstić information content (AvgIpc) is 3.09. The molecule has 0 unspecified atom stereocenters. The second-order valence-corrected chi connectivity index (χ2v) is 6.29. The molecule has 2 aromatic rings. The molecule has 0 spiro atoms. The van der Waals surface area contributed by atoms with Crippen molar-refractivity contribution in [2.75, 3.05) is 50.5 Å². The summed E-state index contributed by atoms with van der Waals surface area (Å²) in [5, 5.41) is 10.8. The molecule has 9 nitrogen and oxygen atoms in total. The van der Waals surface area contributed by atoms with Crippen molar-refractivity contribution in [3.05, 3.63) is 36.5 Å². The van der Waals surface area contributed by atoms with Crippen LogP contribution in [-0.2, 0) is 11.3 Å². The number of anilines is 2. The van der Waals surface area contributed by atoms with Crippen LogP contribution in [0.1, 0.15) is 0 Å². The third-order valence-electron chi connectivity index (χ3n) is 4.21. The molecule has 0 atom stereocenters. The molecule has 3 rings (SSSR count). The van der Waals surface area contributed by atoms with Gasteiger partial charge in [-0.25, -0.2) is 4.79 Å². The summed E-state index contributed by atoms with van der Waals surface area (Å²) in [7, 11) is 3.27. The van der Waals surface area contributed by atoms with E-state index in [0.29, 0.717) is 18.9 Å². The Balaban J connectivity index is 1.50. The molecule has 0 aliphatic carbocycles. The molecule has 26 heavy (non-hydrogen) atoms. The first-order chi connectivity index (χ1) is 12.5. The minimum absolute atomic E-state index is 0.0289. The van der Waals surface area contributed by atoms with Crippen LogP contribution >= 0.6 is 0 Å². The predicted octanol–water partition coefficient (Wildman–Crippen LogP) is 0.720. The van der Waals surface area contributed by atoms with Gasteiger partial charge in [-0.1, -0.05) is 18.2 Å². The zero-order chi connectivity index (χ0) is 18.5. The normalized spacial score (nSPS) is 14.2. The summed E-state index contributed by atoms with van der Waals surface area (Å²) in [5.74, 6) is 0.296. The number of para-hydroxylation sites is 1. The highest BCUT2D eigenvalue weighted by Gasteiger charge is 2.22. The lowest BCUT2D eigenvalue weighted by Crippen LogP contribution is -2.49. The maximum absolute atomic E-state index is 12.5. The van der Waals surface area contributed by atoms with Gasteiger partial charge in [0.2, 0.25) is 5.91 Å². The van der Waals surface area contributed by atoms with Crippen LogP contribution in [0.15, 0.2) is 36.5 Å². The van der Waals surface area contributed by atoms with Crippen molar-refractivity contribution in [3.63, 3.8) is 0 Å². The summed E-state index contributed by atoms with van der Waals surface area (Å²) in [4.78, 5) is 30.8. The van der Waals surface area contributed by atoms with E-state index in [1.54, 1.807) is 14.1 Å². The molecule has 1 aliphatic rings. The summed E-state index contributed by atoms with van der Waals surface area (Å²) >= 11 is 0. The molecule has 0 radical (unpaired) electrons. The number of aromatic nitrogens is 3. The summed E-state index contributed by atoms with van der Waals surface area (Å²) < 4.78 is 0. The van der Waals surface area contributed by atoms with E-state index in [4.69, 9.17) is 0 Å². The number of piperazine rings is 1. The summed E-state index contributed by atoms with van der Waals surface area (Å²) in [6.07, 6.45) is 1.43. The first-order valence-corrected chi connectivity index (χ1v) is 8.49. The molecular weight excluding hydrogens is 334 g/mol. The Morgan fingerprint density at radius 2 is 1.81 bits per heavy atom. The fraction of sp³-hybridized carbons (Fsp3) is 0.412. The van der Waals surface area contributed by atoms with Gasteiger partial charge in [-0.3, -0.25) is 10.1 Å². The molecule has 1 aromatic heterocycles. The van der Waals surface area contributed by atoms with Crippen molar-refractivity contribution >= 4 is 23.4 Å². The number of nitrogens with one attached hydrogen (secondary N) is 1. The van der Waals surface area contributed by atoms with Crippen molar-refractivity contribution in [2.24, 2.45) is 0 Å². The molecule has 138 valence electrons. The summed E-state index contributed by atoms with van der Waals surface area (Å²) in [6.45, 7) is 2.99. The number of hydrogen-bond acceptors (Lipinski definition) is 5. The molecule has 1 saturated heterocycles. The first-order valence-electron chi connectivity index (χ1n) is 8.49. The van der Waals surface area contributed by atoms with Gasteiger partial charge in [-0.2, -0.15) is 9.90 Å². The van der Waals surface area contributed by atoms with Gasteiger partial charge < -0.3 is 14.7 Å².